The fourth-order valence-electron chi connectivity index (χ4n) is 2.85. The minimum absolute atomic E-state index is 0.0996. The molecule has 156 valence electrons. The zero-order chi connectivity index (χ0) is 22.3. The van der Waals surface area contributed by atoms with Gasteiger partial charge in [-0.05, 0) is 24.3 Å². The third-order valence-corrected chi connectivity index (χ3v) is 4.19. The van der Waals surface area contributed by atoms with E-state index in [1.165, 1.54) is 24.3 Å². The summed E-state index contributed by atoms with van der Waals surface area (Å²) in [6.45, 7) is 0.946. The lowest BCUT2D eigenvalue weighted by Crippen LogP contribution is -2.18. The molecule has 0 aliphatic carbocycles. The molecule has 3 rings (SSSR count). The van der Waals surface area contributed by atoms with Gasteiger partial charge in [-0.1, -0.05) is 30.3 Å². The number of halogens is 6. The largest absolute Gasteiger partial charge is 0.434 e. The van der Waals surface area contributed by atoms with E-state index in [-0.39, 0.29) is 15.9 Å². The number of carbonyl (C=O) groups is 2. The normalized spacial score (nSPS) is 12.1. The standard InChI is InChI=1S/C20H12F6N2O2/c1-11(29)16-15(17(30)12-5-3-2-4-6-12)18(20(24,25)26)28(27-16)14-9-7-13(8-10-14)19(21,22)23/h2-10H,1H3. The quantitative estimate of drug-likeness (QED) is 0.418. The number of hydrogen-bond donors (Lipinski definition) is 0. The highest BCUT2D eigenvalue weighted by Crippen LogP contribution is 2.37. The van der Waals surface area contributed by atoms with Gasteiger partial charge in [0.05, 0.1) is 16.8 Å². The summed E-state index contributed by atoms with van der Waals surface area (Å²) in [6, 6.07) is 9.73. The number of ketones is 2. The van der Waals surface area contributed by atoms with Crippen LogP contribution < -0.4 is 0 Å². The molecule has 0 saturated carbocycles. The van der Waals surface area contributed by atoms with Crippen molar-refractivity contribution in [3.05, 3.63) is 82.7 Å². The van der Waals surface area contributed by atoms with Gasteiger partial charge in [0, 0.05) is 12.5 Å². The number of alkyl halides is 6. The first kappa shape index (κ1) is 21.3. The molecule has 0 amide bonds. The molecule has 0 spiro atoms. The third kappa shape index (κ3) is 3.98. The summed E-state index contributed by atoms with van der Waals surface area (Å²) in [4.78, 5) is 24.8. The molecular weight excluding hydrogens is 414 g/mol. The Labute approximate surface area is 165 Å². The molecule has 0 bridgehead atoms. The van der Waals surface area contributed by atoms with Crippen molar-refractivity contribution in [1.82, 2.24) is 9.78 Å². The predicted octanol–water partition coefficient (Wildman–Crippen LogP) is 5.34. The van der Waals surface area contributed by atoms with Crippen LogP contribution in [0.4, 0.5) is 26.3 Å². The first-order valence-electron chi connectivity index (χ1n) is 8.40. The van der Waals surface area contributed by atoms with E-state index in [1.54, 1.807) is 6.07 Å². The van der Waals surface area contributed by atoms with Gasteiger partial charge < -0.3 is 0 Å². The van der Waals surface area contributed by atoms with Crippen molar-refractivity contribution in [2.45, 2.75) is 19.3 Å². The highest BCUT2D eigenvalue weighted by Gasteiger charge is 2.43. The fraction of sp³-hybridized carbons (Fsp3) is 0.150. The van der Waals surface area contributed by atoms with Gasteiger partial charge in [-0.2, -0.15) is 31.4 Å². The van der Waals surface area contributed by atoms with Crippen LogP contribution in [0.2, 0.25) is 0 Å². The molecule has 0 fully saturated rings. The average molecular weight is 426 g/mol. The van der Waals surface area contributed by atoms with Gasteiger partial charge in [0.1, 0.15) is 5.69 Å². The number of hydrogen-bond acceptors (Lipinski definition) is 3. The van der Waals surface area contributed by atoms with Gasteiger partial charge in [-0.25, -0.2) is 4.68 Å². The Morgan fingerprint density at radius 3 is 1.87 bits per heavy atom. The molecular formula is C20H12F6N2O2. The molecule has 1 aromatic heterocycles. The summed E-state index contributed by atoms with van der Waals surface area (Å²) in [5.41, 5.74) is -4.78. The molecule has 4 nitrogen and oxygen atoms in total. The molecule has 30 heavy (non-hydrogen) atoms. The van der Waals surface area contributed by atoms with E-state index in [1.807, 2.05) is 0 Å². The molecule has 3 aromatic rings. The van der Waals surface area contributed by atoms with Gasteiger partial charge in [0.15, 0.2) is 17.3 Å². The smallest absolute Gasteiger partial charge is 0.293 e. The van der Waals surface area contributed by atoms with E-state index < -0.39 is 46.4 Å². The Balaban J connectivity index is 2.27. The van der Waals surface area contributed by atoms with E-state index in [4.69, 9.17) is 0 Å². The van der Waals surface area contributed by atoms with Gasteiger partial charge in [-0.15, -0.1) is 0 Å². The lowest BCUT2D eigenvalue weighted by atomic mass is 9.99. The van der Waals surface area contributed by atoms with Gasteiger partial charge >= 0.3 is 12.4 Å². The zero-order valence-corrected chi connectivity index (χ0v) is 15.2. The maximum Gasteiger partial charge on any atom is 0.434 e. The molecule has 0 atom stereocenters. The Morgan fingerprint density at radius 2 is 1.40 bits per heavy atom. The maximum absolute atomic E-state index is 13.9. The monoisotopic (exact) mass is 426 g/mol. The lowest BCUT2D eigenvalue weighted by molar-refractivity contribution is -0.143. The molecule has 1 heterocycles. The molecule has 0 aliphatic rings. The third-order valence-electron chi connectivity index (χ3n) is 4.19. The van der Waals surface area contributed by atoms with Crippen molar-refractivity contribution in [2.24, 2.45) is 0 Å². The minimum Gasteiger partial charge on any atom is -0.293 e. The van der Waals surface area contributed by atoms with Crippen LogP contribution in [-0.2, 0) is 12.4 Å². The number of Topliss-reactive ketones (excluding diaryl/α,β-unsaturated/α-hetero) is 1. The SMILES string of the molecule is CC(=O)c1nn(-c2ccc(C(F)(F)F)cc2)c(C(F)(F)F)c1C(=O)c1ccccc1. The second-order valence-electron chi connectivity index (χ2n) is 6.28. The van der Waals surface area contributed by atoms with Crippen LogP contribution >= 0.6 is 0 Å². The number of aromatic nitrogens is 2. The zero-order valence-electron chi connectivity index (χ0n) is 15.2. The molecule has 0 N–H and O–H groups in total. The summed E-state index contributed by atoms with van der Waals surface area (Å²) in [5, 5.41) is 3.63. The van der Waals surface area contributed by atoms with Crippen LogP contribution in [0.3, 0.4) is 0 Å². The van der Waals surface area contributed by atoms with Crippen molar-refractivity contribution >= 4 is 11.6 Å². The molecule has 2 aromatic carbocycles. The Bertz CT molecular complexity index is 1100. The first-order chi connectivity index (χ1) is 13.9. The first-order valence-corrected chi connectivity index (χ1v) is 8.40. The van der Waals surface area contributed by atoms with Crippen LogP contribution in [0, 0.1) is 0 Å². The summed E-state index contributed by atoms with van der Waals surface area (Å²) < 4.78 is 80.3. The van der Waals surface area contributed by atoms with E-state index in [9.17, 15) is 35.9 Å². The highest BCUT2D eigenvalue weighted by molar-refractivity contribution is 6.15. The Hall–Kier alpha value is -3.43. The van der Waals surface area contributed by atoms with Gasteiger partial charge in [0.25, 0.3) is 0 Å². The van der Waals surface area contributed by atoms with Crippen LogP contribution in [-0.4, -0.2) is 21.3 Å². The molecule has 0 saturated heterocycles. The lowest BCUT2D eigenvalue weighted by Gasteiger charge is -2.13. The van der Waals surface area contributed by atoms with Crippen molar-refractivity contribution in [3.63, 3.8) is 0 Å². The number of rotatable bonds is 4. The van der Waals surface area contributed by atoms with Crippen molar-refractivity contribution in [2.75, 3.05) is 0 Å². The Kier molecular flexibility index (Phi) is 5.27. The van der Waals surface area contributed by atoms with Gasteiger partial charge in [0.2, 0.25) is 0 Å². The maximum atomic E-state index is 13.9. The summed E-state index contributed by atoms with van der Waals surface area (Å²) in [6.07, 6.45) is -9.81. The van der Waals surface area contributed by atoms with Crippen LogP contribution in [0.25, 0.3) is 5.69 Å². The number of nitrogens with zero attached hydrogens (tertiary/aromatic N) is 2. The number of carbonyl (C=O) groups excluding carboxylic acids is 2. The summed E-state index contributed by atoms with van der Waals surface area (Å²) >= 11 is 0. The Morgan fingerprint density at radius 1 is 0.833 bits per heavy atom. The predicted molar refractivity (Wildman–Crippen MR) is 93.4 cm³/mol. The summed E-state index contributed by atoms with van der Waals surface area (Å²) in [7, 11) is 0. The second kappa shape index (κ2) is 7.43. The second-order valence-corrected chi connectivity index (χ2v) is 6.28. The topological polar surface area (TPSA) is 52.0 Å². The van der Waals surface area contributed by atoms with Crippen LogP contribution in [0.1, 0.15) is 44.6 Å². The van der Waals surface area contributed by atoms with Crippen molar-refractivity contribution in [1.29, 1.82) is 0 Å². The van der Waals surface area contributed by atoms with E-state index in [0.717, 1.165) is 19.1 Å². The highest BCUT2D eigenvalue weighted by atomic mass is 19.4. The van der Waals surface area contributed by atoms with E-state index >= 15 is 0 Å². The molecule has 0 unspecified atom stereocenters. The van der Waals surface area contributed by atoms with Gasteiger partial charge in [-0.3, -0.25) is 9.59 Å². The average Bonchev–Trinajstić information content (AvgIpc) is 3.09. The number of benzene rings is 2. The molecule has 0 aliphatic heterocycles. The van der Waals surface area contributed by atoms with Crippen molar-refractivity contribution < 1.29 is 35.9 Å². The summed E-state index contributed by atoms with van der Waals surface area (Å²) in [5.74, 6) is -1.98. The van der Waals surface area contributed by atoms with E-state index in [0.29, 0.717) is 12.1 Å². The molecule has 10 heteroatoms. The molecule has 0 radical (unpaired) electrons. The van der Waals surface area contributed by atoms with Crippen molar-refractivity contribution in [3.8, 4) is 5.69 Å². The fourth-order valence-corrected chi connectivity index (χ4v) is 2.85. The van der Waals surface area contributed by atoms with E-state index in [2.05, 4.69) is 5.10 Å². The van der Waals surface area contributed by atoms with Crippen LogP contribution in [0.15, 0.2) is 54.6 Å². The minimum atomic E-state index is -5.12. The van der Waals surface area contributed by atoms with Crippen LogP contribution in [0.5, 0.6) is 0 Å².